The Hall–Kier alpha value is -3.29. The molecule has 0 bridgehead atoms. The summed E-state index contributed by atoms with van der Waals surface area (Å²) in [5.41, 5.74) is 1.83. The Kier molecular flexibility index (Phi) is 5.24. The van der Waals surface area contributed by atoms with E-state index in [0.717, 1.165) is 11.3 Å². The number of amides is 3. The molecule has 2 heterocycles. The van der Waals surface area contributed by atoms with Crippen LogP contribution in [0, 0.1) is 11.8 Å². The first-order valence-electron chi connectivity index (χ1n) is 9.79. The van der Waals surface area contributed by atoms with Crippen LogP contribution < -0.4 is 5.32 Å². The molecule has 4 rings (SSSR count). The minimum absolute atomic E-state index is 0.103. The lowest BCUT2D eigenvalue weighted by molar-refractivity contribution is -0.140. The van der Waals surface area contributed by atoms with Gasteiger partial charge in [-0.15, -0.1) is 0 Å². The predicted octanol–water partition coefficient (Wildman–Crippen LogP) is 1.79. The summed E-state index contributed by atoms with van der Waals surface area (Å²) in [6.07, 6.45) is 8.33. The van der Waals surface area contributed by atoms with Crippen LogP contribution in [0.2, 0.25) is 0 Å². The van der Waals surface area contributed by atoms with Crippen molar-refractivity contribution >= 4 is 17.7 Å². The molecule has 150 valence electrons. The quantitative estimate of drug-likeness (QED) is 0.596. The number of nitrogens with one attached hydrogen (secondary N) is 1. The highest BCUT2D eigenvalue weighted by molar-refractivity contribution is 6.05. The van der Waals surface area contributed by atoms with Gasteiger partial charge in [0.05, 0.1) is 23.6 Å². The standard InChI is InChI=1S/C21H23N5O3/c1-14(15-6-8-16(9-7-15)26-13-22-12-23-26)24-19(27)10-11-25-20(28)17-4-2-3-5-18(17)21(25)29/h2-3,6-9,12-14,17-18H,4-5,10-11H2,1H3,(H,24,27)/t14-,17-,18+/m0/s1. The maximum atomic E-state index is 12.5. The van der Waals surface area contributed by atoms with Gasteiger partial charge in [0.15, 0.2) is 0 Å². The van der Waals surface area contributed by atoms with Gasteiger partial charge in [-0.1, -0.05) is 24.3 Å². The maximum absolute atomic E-state index is 12.5. The molecule has 1 aromatic heterocycles. The molecule has 1 aliphatic heterocycles. The number of imide groups is 1. The van der Waals surface area contributed by atoms with Crippen LogP contribution in [0.25, 0.3) is 5.69 Å². The van der Waals surface area contributed by atoms with E-state index in [-0.39, 0.29) is 48.6 Å². The van der Waals surface area contributed by atoms with E-state index in [4.69, 9.17) is 0 Å². The molecule has 2 aliphatic rings. The van der Waals surface area contributed by atoms with E-state index in [1.165, 1.54) is 11.2 Å². The number of likely N-dealkylation sites (tertiary alicyclic amines) is 1. The third-order valence-corrected chi connectivity index (χ3v) is 5.62. The van der Waals surface area contributed by atoms with Crippen molar-refractivity contribution in [2.45, 2.75) is 32.2 Å². The minimum Gasteiger partial charge on any atom is -0.350 e. The lowest BCUT2D eigenvalue weighted by Crippen LogP contribution is -2.36. The van der Waals surface area contributed by atoms with Gasteiger partial charge in [-0.25, -0.2) is 9.67 Å². The van der Waals surface area contributed by atoms with Crippen molar-refractivity contribution in [2.75, 3.05) is 6.54 Å². The molecule has 1 fully saturated rings. The number of fused-ring (bicyclic) bond motifs is 1. The van der Waals surface area contributed by atoms with Crippen LogP contribution in [0.15, 0.2) is 49.1 Å². The monoisotopic (exact) mass is 393 g/mol. The van der Waals surface area contributed by atoms with Gasteiger partial charge in [0.1, 0.15) is 12.7 Å². The van der Waals surface area contributed by atoms with Crippen LogP contribution in [0.1, 0.15) is 37.8 Å². The highest BCUT2D eigenvalue weighted by atomic mass is 16.2. The van der Waals surface area contributed by atoms with Crippen molar-refractivity contribution in [1.82, 2.24) is 25.0 Å². The summed E-state index contributed by atoms with van der Waals surface area (Å²) in [7, 11) is 0. The second-order valence-electron chi connectivity index (χ2n) is 7.45. The number of aromatic nitrogens is 3. The summed E-state index contributed by atoms with van der Waals surface area (Å²) in [4.78, 5) is 42.5. The molecule has 0 radical (unpaired) electrons. The fourth-order valence-electron chi connectivity index (χ4n) is 3.96. The van der Waals surface area contributed by atoms with E-state index in [1.807, 2.05) is 43.3 Å². The first-order valence-corrected chi connectivity index (χ1v) is 9.79. The predicted molar refractivity (Wildman–Crippen MR) is 105 cm³/mol. The Morgan fingerprint density at radius 2 is 1.79 bits per heavy atom. The maximum Gasteiger partial charge on any atom is 0.233 e. The Balaban J connectivity index is 1.30. The molecule has 0 unspecified atom stereocenters. The normalized spacial score (nSPS) is 21.9. The van der Waals surface area contributed by atoms with Crippen LogP contribution in [0.3, 0.4) is 0 Å². The van der Waals surface area contributed by atoms with E-state index < -0.39 is 0 Å². The topological polar surface area (TPSA) is 97.2 Å². The molecular weight excluding hydrogens is 370 g/mol. The molecule has 3 amide bonds. The number of rotatable bonds is 6. The molecule has 1 saturated heterocycles. The van der Waals surface area contributed by atoms with Crippen molar-refractivity contribution in [2.24, 2.45) is 11.8 Å². The van der Waals surface area contributed by atoms with Gasteiger partial charge < -0.3 is 5.32 Å². The van der Waals surface area contributed by atoms with E-state index in [9.17, 15) is 14.4 Å². The van der Waals surface area contributed by atoms with E-state index in [1.54, 1.807) is 11.0 Å². The van der Waals surface area contributed by atoms with Gasteiger partial charge in [0, 0.05) is 13.0 Å². The van der Waals surface area contributed by atoms with Crippen LogP contribution >= 0.6 is 0 Å². The summed E-state index contributed by atoms with van der Waals surface area (Å²) in [6, 6.07) is 7.47. The van der Waals surface area contributed by atoms with Crippen molar-refractivity contribution in [3.05, 3.63) is 54.6 Å². The lowest BCUT2D eigenvalue weighted by atomic mass is 9.85. The van der Waals surface area contributed by atoms with Crippen LogP contribution in [0.4, 0.5) is 0 Å². The van der Waals surface area contributed by atoms with Crippen LogP contribution in [-0.2, 0) is 14.4 Å². The third-order valence-electron chi connectivity index (χ3n) is 5.62. The number of carbonyl (C=O) groups excluding carboxylic acids is 3. The van der Waals surface area contributed by atoms with Crippen LogP contribution in [-0.4, -0.2) is 43.9 Å². The number of hydrogen-bond acceptors (Lipinski definition) is 5. The number of carbonyl (C=O) groups is 3. The van der Waals surface area contributed by atoms with E-state index >= 15 is 0 Å². The van der Waals surface area contributed by atoms with E-state index in [2.05, 4.69) is 15.4 Å². The highest BCUT2D eigenvalue weighted by Crippen LogP contribution is 2.35. The average Bonchev–Trinajstić information content (AvgIpc) is 3.35. The van der Waals surface area contributed by atoms with Crippen molar-refractivity contribution in [1.29, 1.82) is 0 Å². The molecule has 8 heteroatoms. The molecule has 3 atom stereocenters. The zero-order valence-electron chi connectivity index (χ0n) is 16.2. The number of nitrogens with zero attached hydrogens (tertiary/aromatic N) is 4. The molecule has 29 heavy (non-hydrogen) atoms. The molecule has 8 nitrogen and oxygen atoms in total. The Bertz CT molecular complexity index is 910. The number of hydrogen-bond donors (Lipinski definition) is 1. The van der Waals surface area contributed by atoms with Gasteiger partial charge in [-0.2, -0.15) is 5.10 Å². The summed E-state index contributed by atoms with van der Waals surface area (Å²) < 4.78 is 1.66. The zero-order chi connectivity index (χ0) is 20.4. The van der Waals surface area contributed by atoms with Gasteiger partial charge in [-0.3, -0.25) is 19.3 Å². The molecule has 1 aromatic carbocycles. The second-order valence-corrected chi connectivity index (χ2v) is 7.45. The minimum atomic E-state index is -0.252. The summed E-state index contributed by atoms with van der Waals surface area (Å²) in [5.74, 6) is -0.981. The van der Waals surface area contributed by atoms with Gasteiger partial charge in [0.2, 0.25) is 17.7 Å². The molecule has 0 saturated carbocycles. The fourth-order valence-corrected chi connectivity index (χ4v) is 3.96. The first-order chi connectivity index (χ1) is 14.0. The third kappa shape index (κ3) is 3.83. The lowest BCUT2D eigenvalue weighted by Gasteiger charge is -2.17. The van der Waals surface area contributed by atoms with Gasteiger partial charge in [0.25, 0.3) is 0 Å². The molecule has 2 aromatic rings. The van der Waals surface area contributed by atoms with Crippen molar-refractivity contribution in [3.8, 4) is 5.69 Å². The average molecular weight is 393 g/mol. The van der Waals surface area contributed by atoms with Crippen molar-refractivity contribution in [3.63, 3.8) is 0 Å². The molecule has 1 N–H and O–H groups in total. The SMILES string of the molecule is C[C@H](NC(=O)CCN1C(=O)[C@H]2CC=CC[C@H]2C1=O)c1ccc(-n2cncn2)cc1. The van der Waals surface area contributed by atoms with Crippen LogP contribution in [0.5, 0.6) is 0 Å². The van der Waals surface area contributed by atoms with Crippen molar-refractivity contribution < 1.29 is 14.4 Å². The Labute approximate surface area is 168 Å². The summed E-state index contributed by atoms with van der Waals surface area (Å²) in [6.45, 7) is 2.03. The fraction of sp³-hybridized carbons (Fsp3) is 0.381. The van der Waals surface area contributed by atoms with Gasteiger partial charge in [-0.05, 0) is 37.5 Å². The van der Waals surface area contributed by atoms with E-state index in [0.29, 0.717) is 12.8 Å². The molecular formula is C21H23N5O3. The highest BCUT2D eigenvalue weighted by Gasteiger charge is 2.46. The molecule has 1 aliphatic carbocycles. The summed E-state index contributed by atoms with van der Waals surface area (Å²) >= 11 is 0. The first kappa shape index (κ1) is 19.0. The smallest absolute Gasteiger partial charge is 0.233 e. The zero-order valence-corrected chi connectivity index (χ0v) is 16.2. The second kappa shape index (κ2) is 7.98. The Morgan fingerprint density at radius 1 is 1.14 bits per heavy atom. The number of benzene rings is 1. The Morgan fingerprint density at radius 3 is 2.38 bits per heavy atom. The number of allylic oxidation sites excluding steroid dienone is 2. The largest absolute Gasteiger partial charge is 0.350 e. The summed E-state index contributed by atoms with van der Waals surface area (Å²) in [5, 5.41) is 7.01. The van der Waals surface area contributed by atoms with Gasteiger partial charge >= 0.3 is 0 Å². The molecule has 0 spiro atoms.